The molecular weight excluding hydrogens is 316 g/mol. The standard InChI is InChI=1S/C20H24N2O3/c1-3-20(24)12-22-7-6-15(20)10-18(22)19(23)14-8-13-9-16(25-2)4-5-17(13)21-11-14/h3-5,8-9,11,15,18-19,23-24H,1,6-7,10,12H2,2H3/t15?,18-,19-,20+/m0/s1. The molecule has 5 heteroatoms. The van der Waals surface area contributed by atoms with E-state index < -0.39 is 11.7 Å². The molecule has 132 valence electrons. The van der Waals surface area contributed by atoms with E-state index in [1.165, 1.54) is 0 Å². The Morgan fingerprint density at radius 2 is 2.28 bits per heavy atom. The number of piperidine rings is 3. The highest BCUT2D eigenvalue weighted by molar-refractivity contribution is 5.80. The third-order valence-electron chi connectivity index (χ3n) is 5.89. The van der Waals surface area contributed by atoms with Crippen LogP contribution < -0.4 is 4.74 Å². The van der Waals surface area contributed by atoms with Gasteiger partial charge in [-0.25, -0.2) is 0 Å². The predicted octanol–water partition coefficient (Wildman–Crippen LogP) is 2.29. The minimum absolute atomic E-state index is 0.00355. The molecule has 2 unspecified atom stereocenters. The molecule has 5 nitrogen and oxygen atoms in total. The molecule has 5 atom stereocenters. The number of aliphatic hydroxyl groups excluding tert-OH is 1. The molecule has 3 saturated heterocycles. The summed E-state index contributed by atoms with van der Waals surface area (Å²) in [6, 6.07) is 7.72. The molecule has 5 rings (SSSR count). The van der Waals surface area contributed by atoms with Gasteiger partial charge in [0.15, 0.2) is 0 Å². The molecule has 0 saturated carbocycles. The van der Waals surface area contributed by atoms with Gasteiger partial charge >= 0.3 is 0 Å². The van der Waals surface area contributed by atoms with Crippen molar-refractivity contribution in [2.24, 2.45) is 5.92 Å². The zero-order valence-electron chi connectivity index (χ0n) is 14.4. The van der Waals surface area contributed by atoms with Crippen molar-refractivity contribution >= 4 is 10.9 Å². The van der Waals surface area contributed by atoms with Gasteiger partial charge in [0.25, 0.3) is 0 Å². The molecule has 3 aliphatic rings. The number of rotatable bonds is 4. The van der Waals surface area contributed by atoms with Gasteiger partial charge in [0.2, 0.25) is 0 Å². The second-order valence-electron chi connectivity index (χ2n) is 7.23. The summed E-state index contributed by atoms with van der Waals surface area (Å²) < 4.78 is 5.28. The number of ether oxygens (including phenoxy) is 1. The highest BCUT2D eigenvalue weighted by Gasteiger charge is 2.49. The average Bonchev–Trinajstić information content (AvgIpc) is 2.66. The second kappa shape index (κ2) is 6.09. The van der Waals surface area contributed by atoms with Crippen molar-refractivity contribution in [2.45, 2.75) is 30.6 Å². The molecule has 2 N–H and O–H groups in total. The number of aromatic nitrogens is 1. The van der Waals surface area contributed by atoms with Crippen LogP contribution in [0.15, 0.2) is 43.1 Å². The fourth-order valence-electron chi connectivity index (χ4n) is 4.35. The van der Waals surface area contributed by atoms with E-state index in [1.54, 1.807) is 19.4 Å². The number of benzene rings is 1. The lowest BCUT2D eigenvalue weighted by atomic mass is 9.71. The van der Waals surface area contributed by atoms with E-state index in [0.717, 1.165) is 41.6 Å². The van der Waals surface area contributed by atoms with E-state index in [2.05, 4.69) is 16.5 Å². The van der Waals surface area contributed by atoms with Crippen molar-refractivity contribution in [2.75, 3.05) is 20.2 Å². The van der Waals surface area contributed by atoms with E-state index in [4.69, 9.17) is 4.74 Å². The molecule has 1 aromatic heterocycles. The van der Waals surface area contributed by atoms with Gasteiger partial charge < -0.3 is 14.9 Å². The maximum Gasteiger partial charge on any atom is 0.119 e. The number of hydrogen-bond acceptors (Lipinski definition) is 5. The van der Waals surface area contributed by atoms with Crippen molar-refractivity contribution in [3.63, 3.8) is 0 Å². The first kappa shape index (κ1) is 16.5. The van der Waals surface area contributed by atoms with Crippen LogP contribution in [0.25, 0.3) is 10.9 Å². The van der Waals surface area contributed by atoms with Crippen molar-refractivity contribution in [3.05, 3.63) is 48.7 Å². The number of pyridine rings is 1. The number of fused-ring (bicyclic) bond motifs is 4. The maximum atomic E-state index is 11.0. The monoisotopic (exact) mass is 340 g/mol. The first-order valence-corrected chi connectivity index (χ1v) is 8.76. The number of hydrogen-bond donors (Lipinski definition) is 2. The largest absolute Gasteiger partial charge is 0.497 e. The quantitative estimate of drug-likeness (QED) is 0.836. The predicted molar refractivity (Wildman–Crippen MR) is 96.5 cm³/mol. The van der Waals surface area contributed by atoms with Crippen molar-refractivity contribution in [1.82, 2.24) is 9.88 Å². The van der Waals surface area contributed by atoms with Gasteiger partial charge in [-0.3, -0.25) is 9.88 Å². The summed E-state index contributed by atoms with van der Waals surface area (Å²) in [6.45, 7) is 5.23. The van der Waals surface area contributed by atoms with Crippen LogP contribution in [0.4, 0.5) is 0 Å². The molecule has 3 fully saturated rings. The molecule has 1 aromatic carbocycles. The third kappa shape index (κ3) is 2.72. The van der Waals surface area contributed by atoms with Gasteiger partial charge in [-0.2, -0.15) is 0 Å². The number of aliphatic hydroxyl groups is 2. The van der Waals surface area contributed by atoms with Crippen LogP contribution in [0, 0.1) is 5.92 Å². The smallest absolute Gasteiger partial charge is 0.119 e. The topological polar surface area (TPSA) is 65.8 Å². The van der Waals surface area contributed by atoms with Gasteiger partial charge in [0, 0.05) is 29.7 Å². The first-order valence-electron chi connectivity index (χ1n) is 8.76. The lowest BCUT2D eigenvalue weighted by molar-refractivity contribution is -0.127. The summed E-state index contributed by atoms with van der Waals surface area (Å²) in [4.78, 5) is 6.66. The maximum absolute atomic E-state index is 11.0. The summed E-state index contributed by atoms with van der Waals surface area (Å²) in [5, 5.41) is 22.6. The first-order chi connectivity index (χ1) is 12.0. The Morgan fingerprint density at radius 1 is 1.44 bits per heavy atom. The Labute approximate surface area is 147 Å². The Kier molecular flexibility index (Phi) is 4.02. The molecule has 25 heavy (non-hydrogen) atoms. The van der Waals surface area contributed by atoms with Crippen LogP contribution in [0.2, 0.25) is 0 Å². The highest BCUT2D eigenvalue weighted by Crippen LogP contribution is 2.43. The minimum atomic E-state index is -0.830. The van der Waals surface area contributed by atoms with E-state index in [1.807, 2.05) is 24.3 Å². The molecule has 0 amide bonds. The Hall–Kier alpha value is -1.95. The van der Waals surface area contributed by atoms with Gasteiger partial charge in [0.05, 0.1) is 24.3 Å². The second-order valence-corrected chi connectivity index (χ2v) is 7.23. The molecular formula is C20H24N2O3. The highest BCUT2D eigenvalue weighted by atomic mass is 16.5. The molecule has 3 aliphatic heterocycles. The lowest BCUT2D eigenvalue weighted by Crippen LogP contribution is -2.63. The molecule has 0 aliphatic carbocycles. The molecule has 0 spiro atoms. The Morgan fingerprint density at radius 3 is 2.96 bits per heavy atom. The van der Waals surface area contributed by atoms with Gasteiger partial charge in [-0.05, 0) is 49.6 Å². The van der Waals surface area contributed by atoms with Crippen molar-refractivity contribution < 1.29 is 14.9 Å². The Bertz CT molecular complexity index is 809. The average molecular weight is 340 g/mol. The summed E-state index contributed by atoms with van der Waals surface area (Å²) in [6.07, 6.45) is 4.50. The number of nitrogens with zero attached hydrogens (tertiary/aromatic N) is 2. The summed E-state index contributed by atoms with van der Waals surface area (Å²) in [5.74, 6) is 0.931. The SMILES string of the molecule is C=C[C@@]1(O)CN2CCC1C[C@H]2[C@@H](O)c1cnc2ccc(OC)cc2c1. The zero-order chi connectivity index (χ0) is 17.6. The van der Waals surface area contributed by atoms with Gasteiger partial charge in [0.1, 0.15) is 5.75 Å². The van der Waals surface area contributed by atoms with Crippen LogP contribution in [0.3, 0.4) is 0 Å². The van der Waals surface area contributed by atoms with Crippen LogP contribution in [-0.4, -0.2) is 51.9 Å². The summed E-state index contributed by atoms with van der Waals surface area (Å²) >= 11 is 0. The Balaban J connectivity index is 1.62. The van der Waals surface area contributed by atoms with Gasteiger partial charge in [-0.15, -0.1) is 6.58 Å². The molecule has 2 bridgehead atoms. The minimum Gasteiger partial charge on any atom is -0.497 e. The number of methoxy groups -OCH3 is 1. The molecule has 2 aromatic rings. The van der Waals surface area contributed by atoms with Gasteiger partial charge in [-0.1, -0.05) is 6.08 Å². The van der Waals surface area contributed by atoms with Crippen LogP contribution in [0.1, 0.15) is 24.5 Å². The van der Waals surface area contributed by atoms with E-state index in [0.29, 0.717) is 6.54 Å². The molecule has 0 radical (unpaired) electrons. The summed E-state index contributed by atoms with van der Waals surface area (Å²) in [7, 11) is 1.64. The van der Waals surface area contributed by atoms with Crippen LogP contribution >= 0.6 is 0 Å². The molecule has 4 heterocycles. The van der Waals surface area contributed by atoms with E-state index in [-0.39, 0.29) is 12.0 Å². The van der Waals surface area contributed by atoms with Crippen LogP contribution in [-0.2, 0) is 0 Å². The van der Waals surface area contributed by atoms with E-state index >= 15 is 0 Å². The zero-order valence-corrected chi connectivity index (χ0v) is 14.4. The van der Waals surface area contributed by atoms with E-state index in [9.17, 15) is 10.2 Å². The third-order valence-corrected chi connectivity index (χ3v) is 5.89. The fraction of sp³-hybridized carbons (Fsp3) is 0.450. The van der Waals surface area contributed by atoms with Crippen molar-refractivity contribution in [1.29, 1.82) is 0 Å². The summed E-state index contributed by atoms with van der Waals surface area (Å²) in [5.41, 5.74) is 0.854. The lowest BCUT2D eigenvalue weighted by Gasteiger charge is -2.54. The normalized spacial score (nSPS) is 32.5. The van der Waals surface area contributed by atoms with Crippen molar-refractivity contribution in [3.8, 4) is 5.75 Å². The fourth-order valence-corrected chi connectivity index (χ4v) is 4.35. The van der Waals surface area contributed by atoms with Crippen LogP contribution in [0.5, 0.6) is 5.75 Å².